The van der Waals surface area contributed by atoms with E-state index in [4.69, 9.17) is 0 Å². The molecular formula is C32H36. The molecule has 0 radical (unpaired) electrons. The minimum Gasteiger partial charge on any atom is -0.0876 e. The fourth-order valence-corrected chi connectivity index (χ4v) is 3.26. The van der Waals surface area contributed by atoms with Crippen molar-refractivity contribution in [3.63, 3.8) is 0 Å². The second kappa shape index (κ2) is 13.8. The molecule has 0 atom stereocenters. The third-order valence-corrected chi connectivity index (χ3v) is 5.02. The van der Waals surface area contributed by atoms with Gasteiger partial charge in [-0.3, -0.25) is 0 Å². The van der Waals surface area contributed by atoms with E-state index in [0.29, 0.717) is 0 Å². The van der Waals surface area contributed by atoms with Crippen molar-refractivity contribution in [2.24, 2.45) is 0 Å². The molecule has 0 aliphatic heterocycles. The van der Waals surface area contributed by atoms with Crippen LogP contribution in [0.2, 0.25) is 0 Å². The molecule has 0 aliphatic carbocycles. The van der Waals surface area contributed by atoms with Crippen molar-refractivity contribution in [3.05, 3.63) is 136 Å². The molecule has 0 fully saturated rings. The van der Waals surface area contributed by atoms with Crippen molar-refractivity contribution >= 4 is 17.7 Å². The zero-order chi connectivity index (χ0) is 23.2. The first-order chi connectivity index (χ1) is 15.6. The molecular weight excluding hydrogens is 384 g/mol. The lowest BCUT2D eigenvalue weighted by Gasteiger charge is -2.03. The molecule has 0 saturated carbocycles. The first kappa shape index (κ1) is 24.9. The molecule has 0 unspecified atom stereocenters. The van der Waals surface area contributed by atoms with Crippen LogP contribution >= 0.6 is 0 Å². The first-order valence-corrected chi connectivity index (χ1v) is 11.4. The summed E-state index contributed by atoms with van der Waals surface area (Å²) in [6.07, 6.45) is 16.1. The van der Waals surface area contributed by atoms with Gasteiger partial charge < -0.3 is 0 Å². The Balaban J connectivity index is 0.000000380. The average molecular weight is 421 g/mol. The Bertz CT molecular complexity index is 1130. The minimum absolute atomic E-state index is 1.04. The van der Waals surface area contributed by atoms with Crippen molar-refractivity contribution in [3.8, 4) is 0 Å². The fourth-order valence-electron chi connectivity index (χ4n) is 3.26. The lowest BCUT2D eigenvalue weighted by Crippen LogP contribution is -2.23. The summed E-state index contributed by atoms with van der Waals surface area (Å²) in [5.41, 5.74) is 6.43. The van der Waals surface area contributed by atoms with Crippen molar-refractivity contribution in [2.75, 3.05) is 0 Å². The van der Waals surface area contributed by atoms with E-state index in [0.717, 1.165) is 6.42 Å². The largest absolute Gasteiger partial charge is 0.0876 e. The van der Waals surface area contributed by atoms with Crippen LogP contribution in [0.25, 0.3) is 17.7 Å². The Labute approximate surface area is 194 Å². The van der Waals surface area contributed by atoms with E-state index >= 15 is 0 Å². The van der Waals surface area contributed by atoms with Gasteiger partial charge in [-0.2, -0.15) is 0 Å². The van der Waals surface area contributed by atoms with Crippen LogP contribution in [-0.4, -0.2) is 0 Å². The van der Waals surface area contributed by atoms with Gasteiger partial charge in [-0.1, -0.05) is 127 Å². The van der Waals surface area contributed by atoms with Gasteiger partial charge in [0.25, 0.3) is 0 Å². The monoisotopic (exact) mass is 420 g/mol. The van der Waals surface area contributed by atoms with Gasteiger partial charge in [0.2, 0.25) is 0 Å². The molecule has 0 aromatic heterocycles. The number of benzene rings is 3. The van der Waals surface area contributed by atoms with E-state index in [1.807, 2.05) is 6.92 Å². The molecule has 0 bridgehead atoms. The van der Waals surface area contributed by atoms with Gasteiger partial charge in [0.05, 0.1) is 0 Å². The van der Waals surface area contributed by atoms with Crippen LogP contribution in [0.4, 0.5) is 0 Å². The maximum Gasteiger partial charge on any atom is -0.0178 e. The normalized spacial score (nSPS) is 13.0. The van der Waals surface area contributed by atoms with E-state index in [-0.39, 0.29) is 0 Å². The smallest absolute Gasteiger partial charge is 0.0178 e. The van der Waals surface area contributed by atoms with Gasteiger partial charge >= 0.3 is 0 Å². The van der Waals surface area contributed by atoms with E-state index in [1.165, 1.54) is 38.3 Å². The van der Waals surface area contributed by atoms with Crippen molar-refractivity contribution < 1.29 is 0 Å². The summed E-state index contributed by atoms with van der Waals surface area (Å²) in [4.78, 5) is 0. The fraction of sp³-hybridized carbons (Fsp3) is 0.188. The van der Waals surface area contributed by atoms with E-state index in [1.54, 1.807) is 0 Å². The highest BCUT2D eigenvalue weighted by atomic mass is 14.0. The second-order valence-corrected chi connectivity index (χ2v) is 7.81. The maximum atomic E-state index is 2.26. The molecule has 0 heterocycles. The Morgan fingerprint density at radius 1 is 0.719 bits per heavy atom. The van der Waals surface area contributed by atoms with Gasteiger partial charge in [-0.15, -0.1) is 0 Å². The van der Waals surface area contributed by atoms with Crippen molar-refractivity contribution in [1.29, 1.82) is 0 Å². The lowest BCUT2D eigenvalue weighted by atomic mass is 10.0. The molecule has 0 heteroatoms. The molecule has 0 aliphatic rings. The highest BCUT2D eigenvalue weighted by Crippen LogP contribution is 2.17. The molecule has 0 saturated heterocycles. The number of hydrogen-bond acceptors (Lipinski definition) is 0. The molecule has 0 amide bonds. The molecule has 0 nitrogen and oxygen atoms in total. The number of hydrogen-bond donors (Lipinski definition) is 0. The number of aryl methyl sites for hydroxylation is 2. The highest BCUT2D eigenvalue weighted by Gasteiger charge is 1.97. The van der Waals surface area contributed by atoms with Gasteiger partial charge in [-0.05, 0) is 67.3 Å². The lowest BCUT2D eigenvalue weighted by molar-refractivity contribution is 1.23. The summed E-state index contributed by atoms with van der Waals surface area (Å²) >= 11 is 0. The molecule has 164 valence electrons. The van der Waals surface area contributed by atoms with Crippen LogP contribution in [0.3, 0.4) is 0 Å². The first-order valence-electron chi connectivity index (χ1n) is 11.4. The second-order valence-electron chi connectivity index (χ2n) is 7.81. The standard InChI is InChI=1S/C24H26.C8H10/c1-4-7-12-22-13-8-9-14-24(22)19-20-15-17-23(18-16-20)21(10-5-2)11-6-3;1-7-3-5-8(2)6-4-7/h4-5,7-19H,6H2,1-3H3;3-6H,1-2H3/b7-4+,10-5-,21-11+,22-12-,24-19-;. The summed E-state index contributed by atoms with van der Waals surface area (Å²) in [7, 11) is 0. The molecule has 3 aromatic carbocycles. The quantitative estimate of drug-likeness (QED) is 0.374. The predicted octanol–water partition coefficient (Wildman–Crippen LogP) is 7.54. The van der Waals surface area contributed by atoms with Crippen LogP contribution in [0.5, 0.6) is 0 Å². The van der Waals surface area contributed by atoms with Crippen LogP contribution in [0.15, 0.2) is 103 Å². The summed E-state index contributed by atoms with van der Waals surface area (Å²) in [5, 5.41) is 2.47. The summed E-state index contributed by atoms with van der Waals surface area (Å²) < 4.78 is 0. The number of allylic oxidation sites excluding steroid dienone is 6. The van der Waals surface area contributed by atoms with Gasteiger partial charge in [-0.25, -0.2) is 0 Å². The SMILES string of the molecule is C/C=C\C(=C/CC)c1ccc(/C=c2/cccc/c2=C/C=C/C)cc1.Cc1ccc(C)cc1. The average Bonchev–Trinajstić information content (AvgIpc) is 2.81. The van der Waals surface area contributed by atoms with Crippen LogP contribution in [0.1, 0.15) is 49.4 Å². The molecule has 3 aromatic rings. The molecule has 3 rings (SSSR count). The van der Waals surface area contributed by atoms with Crippen LogP contribution in [0, 0.1) is 13.8 Å². The Morgan fingerprint density at radius 2 is 1.31 bits per heavy atom. The third kappa shape index (κ3) is 8.40. The molecule has 0 spiro atoms. The third-order valence-electron chi connectivity index (χ3n) is 5.02. The Hall–Kier alpha value is -3.38. The van der Waals surface area contributed by atoms with Gasteiger partial charge in [0.1, 0.15) is 0 Å². The summed E-state index contributed by atoms with van der Waals surface area (Å²) in [5.74, 6) is 0. The van der Waals surface area contributed by atoms with Gasteiger partial charge in [0, 0.05) is 0 Å². The zero-order valence-electron chi connectivity index (χ0n) is 20.2. The van der Waals surface area contributed by atoms with E-state index in [9.17, 15) is 0 Å². The molecule has 32 heavy (non-hydrogen) atoms. The highest BCUT2D eigenvalue weighted by molar-refractivity contribution is 5.74. The van der Waals surface area contributed by atoms with Crippen LogP contribution < -0.4 is 10.4 Å². The van der Waals surface area contributed by atoms with E-state index in [2.05, 4.69) is 143 Å². The Kier molecular flexibility index (Phi) is 10.8. The minimum atomic E-state index is 1.04. The van der Waals surface area contributed by atoms with E-state index < -0.39 is 0 Å². The predicted molar refractivity (Wildman–Crippen MR) is 144 cm³/mol. The number of rotatable bonds is 5. The maximum absolute atomic E-state index is 2.26. The van der Waals surface area contributed by atoms with Crippen LogP contribution in [-0.2, 0) is 0 Å². The topological polar surface area (TPSA) is 0 Å². The summed E-state index contributed by atoms with van der Waals surface area (Å²) in [6.45, 7) is 10.5. The Morgan fingerprint density at radius 3 is 1.84 bits per heavy atom. The zero-order valence-corrected chi connectivity index (χ0v) is 20.2. The molecule has 0 N–H and O–H groups in total. The van der Waals surface area contributed by atoms with Crippen molar-refractivity contribution in [2.45, 2.75) is 41.0 Å². The van der Waals surface area contributed by atoms with Crippen molar-refractivity contribution in [1.82, 2.24) is 0 Å². The summed E-state index contributed by atoms with van der Waals surface area (Å²) in [6, 6.07) is 25.7. The van der Waals surface area contributed by atoms with Gasteiger partial charge in [0.15, 0.2) is 0 Å².